The zero-order valence-electron chi connectivity index (χ0n) is 17.1. The molecule has 25 heavy (non-hydrogen) atoms. The van der Waals surface area contributed by atoms with E-state index in [-0.39, 0.29) is 0 Å². The van der Waals surface area contributed by atoms with E-state index < -0.39 is 0 Å². The molecular formula is C18H44N2O5. The molecule has 0 rings (SSSR count). The topological polar surface area (TPSA) is 98.2 Å². The van der Waals surface area contributed by atoms with Gasteiger partial charge in [-0.15, -0.1) is 0 Å². The van der Waals surface area contributed by atoms with Crippen molar-refractivity contribution in [3.05, 3.63) is 0 Å². The first-order valence-electron chi connectivity index (χ1n) is 9.70. The summed E-state index contributed by atoms with van der Waals surface area (Å²) in [5, 5.41) is 0. The summed E-state index contributed by atoms with van der Waals surface area (Å²) in [4.78, 5) is 0. The Balaban J connectivity index is -0.00000112. The Morgan fingerprint density at radius 2 is 0.600 bits per heavy atom. The fourth-order valence-corrected chi connectivity index (χ4v) is 1.35. The van der Waals surface area contributed by atoms with Gasteiger partial charge in [-0.2, -0.15) is 0 Å². The summed E-state index contributed by atoms with van der Waals surface area (Å²) >= 11 is 0. The molecule has 156 valence electrons. The molecule has 0 fully saturated rings. The Morgan fingerprint density at radius 1 is 0.400 bits per heavy atom. The highest BCUT2D eigenvalue weighted by atomic mass is 16.6. The van der Waals surface area contributed by atoms with E-state index in [2.05, 4.69) is 0 Å². The monoisotopic (exact) mass is 368 g/mol. The van der Waals surface area contributed by atoms with Gasteiger partial charge < -0.3 is 35.2 Å². The molecule has 0 heterocycles. The molecule has 0 aromatic rings. The van der Waals surface area contributed by atoms with Crippen LogP contribution in [0, 0.1) is 0 Å². The third kappa shape index (κ3) is 35.6. The summed E-state index contributed by atoms with van der Waals surface area (Å²) in [5.74, 6) is 0. The number of ether oxygens (including phenoxy) is 5. The van der Waals surface area contributed by atoms with Gasteiger partial charge >= 0.3 is 0 Å². The van der Waals surface area contributed by atoms with Crippen molar-refractivity contribution < 1.29 is 23.7 Å². The fraction of sp³-hybridized carbons (Fsp3) is 1.00. The molecule has 0 unspecified atom stereocenters. The SMILES string of the molecule is CC.CC.NCCCOCCOCCOCCOCCOCCCN. The van der Waals surface area contributed by atoms with Crippen molar-refractivity contribution in [3.8, 4) is 0 Å². The van der Waals surface area contributed by atoms with Gasteiger partial charge in [-0.1, -0.05) is 27.7 Å². The Labute approximate surface area is 155 Å². The first kappa shape index (κ1) is 29.5. The molecule has 0 aliphatic heterocycles. The van der Waals surface area contributed by atoms with E-state index in [4.69, 9.17) is 35.2 Å². The lowest BCUT2D eigenvalue weighted by atomic mass is 10.5. The average molecular weight is 369 g/mol. The first-order chi connectivity index (χ1) is 12.4. The summed E-state index contributed by atoms with van der Waals surface area (Å²) in [6.45, 7) is 15.4. The van der Waals surface area contributed by atoms with E-state index >= 15 is 0 Å². The van der Waals surface area contributed by atoms with Crippen LogP contribution in [0.3, 0.4) is 0 Å². The summed E-state index contributed by atoms with van der Waals surface area (Å²) in [6, 6.07) is 0. The van der Waals surface area contributed by atoms with Crippen LogP contribution in [0.25, 0.3) is 0 Å². The third-order valence-electron chi connectivity index (χ3n) is 2.47. The number of hydrogen-bond acceptors (Lipinski definition) is 7. The molecule has 7 nitrogen and oxygen atoms in total. The molecular weight excluding hydrogens is 324 g/mol. The zero-order chi connectivity index (χ0) is 19.4. The van der Waals surface area contributed by atoms with Gasteiger partial charge in [0.1, 0.15) is 0 Å². The Morgan fingerprint density at radius 3 is 0.800 bits per heavy atom. The molecule has 7 heteroatoms. The van der Waals surface area contributed by atoms with Crippen LogP contribution >= 0.6 is 0 Å². The Bertz CT molecular complexity index is 171. The fourth-order valence-electron chi connectivity index (χ4n) is 1.35. The van der Waals surface area contributed by atoms with Crippen molar-refractivity contribution in [2.75, 3.05) is 79.2 Å². The van der Waals surface area contributed by atoms with Crippen LogP contribution in [0.15, 0.2) is 0 Å². The van der Waals surface area contributed by atoms with Gasteiger partial charge in [-0.3, -0.25) is 0 Å². The highest BCUT2D eigenvalue weighted by Gasteiger charge is 1.93. The van der Waals surface area contributed by atoms with Gasteiger partial charge in [0, 0.05) is 13.2 Å². The second-order valence-electron chi connectivity index (χ2n) is 4.35. The van der Waals surface area contributed by atoms with Crippen LogP contribution in [0.5, 0.6) is 0 Å². The van der Waals surface area contributed by atoms with E-state index in [1.807, 2.05) is 27.7 Å². The van der Waals surface area contributed by atoms with E-state index in [1.165, 1.54) is 0 Å². The molecule has 0 spiro atoms. The van der Waals surface area contributed by atoms with Gasteiger partial charge in [0.2, 0.25) is 0 Å². The molecule has 0 atom stereocenters. The minimum Gasteiger partial charge on any atom is -0.379 e. The van der Waals surface area contributed by atoms with E-state index in [9.17, 15) is 0 Å². The predicted molar refractivity (Wildman–Crippen MR) is 104 cm³/mol. The molecule has 0 aromatic carbocycles. The molecule has 0 radical (unpaired) electrons. The number of nitrogens with two attached hydrogens (primary N) is 2. The Hall–Kier alpha value is -0.280. The smallest absolute Gasteiger partial charge is 0.0701 e. The van der Waals surface area contributed by atoms with Crippen molar-refractivity contribution in [1.29, 1.82) is 0 Å². The quantitative estimate of drug-likeness (QED) is 0.356. The summed E-state index contributed by atoms with van der Waals surface area (Å²) in [6.07, 6.45) is 1.78. The maximum absolute atomic E-state index is 5.36. The van der Waals surface area contributed by atoms with Gasteiger partial charge in [-0.25, -0.2) is 0 Å². The second kappa shape index (κ2) is 34.9. The molecule has 0 bridgehead atoms. The molecule has 0 saturated heterocycles. The largest absolute Gasteiger partial charge is 0.379 e. The third-order valence-corrected chi connectivity index (χ3v) is 2.47. The van der Waals surface area contributed by atoms with E-state index in [0.29, 0.717) is 79.2 Å². The maximum Gasteiger partial charge on any atom is 0.0701 e. The van der Waals surface area contributed by atoms with Crippen LogP contribution < -0.4 is 11.5 Å². The number of hydrogen-bond donors (Lipinski definition) is 2. The molecule has 0 aromatic heterocycles. The first-order valence-corrected chi connectivity index (χ1v) is 9.70. The highest BCUT2D eigenvalue weighted by molar-refractivity contribution is 4.38. The molecule has 0 aliphatic carbocycles. The zero-order valence-corrected chi connectivity index (χ0v) is 17.1. The van der Waals surface area contributed by atoms with Crippen LogP contribution in [0.2, 0.25) is 0 Å². The lowest BCUT2D eigenvalue weighted by Gasteiger charge is -2.07. The van der Waals surface area contributed by atoms with Crippen LogP contribution in [0.4, 0.5) is 0 Å². The van der Waals surface area contributed by atoms with Gasteiger partial charge in [0.05, 0.1) is 52.9 Å². The van der Waals surface area contributed by atoms with E-state index in [1.54, 1.807) is 0 Å². The predicted octanol–water partition coefficient (Wildman–Crippen LogP) is 1.82. The van der Waals surface area contributed by atoms with Gasteiger partial charge in [-0.05, 0) is 25.9 Å². The summed E-state index contributed by atoms with van der Waals surface area (Å²) in [5.41, 5.74) is 10.7. The molecule has 0 amide bonds. The summed E-state index contributed by atoms with van der Waals surface area (Å²) in [7, 11) is 0. The number of rotatable bonds is 18. The van der Waals surface area contributed by atoms with Gasteiger partial charge in [0.25, 0.3) is 0 Å². The minimum atomic E-state index is 0.569. The maximum atomic E-state index is 5.36. The van der Waals surface area contributed by atoms with Crippen LogP contribution in [0.1, 0.15) is 40.5 Å². The molecule has 0 saturated carbocycles. The van der Waals surface area contributed by atoms with Crippen molar-refractivity contribution in [2.45, 2.75) is 40.5 Å². The molecule has 4 N–H and O–H groups in total. The van der Waals surface area contributed by atoms with Crippen LogP contribution in [-0.4, -0.2) is 79.2 Å². The lowest BCUT2D eigenvalue weighted by Crippen LogP contribution is -2.14. The second-order valence-corrected chi connectivity index (χ2v) is 4.35. The van der Waals surface area contributed by atoms with Gasteiger partial charge in [0.15, 0.2) is 0 Å². The lowest BCUT2D eigenvalue weighted by molar-refractivity contribution is -0.0110. The summed E-state index contributed by atoms with van der Waals surface area (Å²) < 4.78 is 26.6. The standard InChI is InChI=1S/C14H32N2O5.2C2H6/c15-3-1-5-17-7-9-19-11-13-21-14-12-20-10-8-18-6-2-4-16;2*1-2/h1-16H2;2*1-2H3. The Kier molecular flexibility index (Phi) is 41.2. The van der Waals surface area contributed by atoms with Crippen molar-refractivity contribution >= 4 is 0 Å². The van der Waals surface area contributed by atoms with Crippen LogP contribution in [-0.2, 0) is 23.7 Å². The normalized spacial score (nSPS) is 9.84. The average Bonchev–Trinajstić information content (AvgIpc) is 2.67. The van der Waals surface area contributed by atoms with Crippen molar-refractivity contribution in [2.24, 2.45) is 11.5 Å². The highest BCUT2D eigenvalue weighted by Crippen LogP contribution is 1.85. The van der Waals surface area contributed by atoms with Crippen molar-refractivity contribution in [3.63, 3.8) is 0 Å². The van der Waals surface area contributed by atoms with Crippen molar-refractivity contribution in [1.82, 2.24) is 0 Å². The molecule has 0 aliphatic rings. The van der Waals surface area contributed by atoms with E-state index in [0.717, 1.165) is 12.8 Å². The minimum absolute atomic E-state index is 0.569.